The van der Waals surface area contributed by atoms with Gasteiger partial charge in [0.1, 0.15) is 0 Å². The molecule has 0 radical (unpaired) electrons. The maximum absolute atomic E-state index is 5.24. The van der Waals surface area contributed by atoms with Crippen LogP contribution < -0.4 is 0 Å². The first-order chi connectivity index (χ1) is 55.6. The Morgan fingerprint density at radius 3 is 1.04 bits per heavy atom. The lowest BCUT2D eigenvalue weighted by Gasteiger charge is -2.13. The molecule has 0 N–H and O–H groups in total. The lowest BCUT2D eigenvalue weighted by Crippen LogP contribution is -1.96. The van der Waals surface area contributed by atoms with Crippen molar-refractivity contribution in [2.45, 2.75) is 0 Å². The molecule has 524 valence electrons. The molecule has 0 saturated carbocycles. The zero-order valence-corrected chi connectivity index (χ0v) is 60.7. The van der Waals surface area contributed by atoms with E-state index in [0.717, 1.165) is 145 Å². The highest BCUT2D eigenvalue weighted by atomic mass is 15.0. The van der Waals surface area contributed by atoms with E-state index in [1.807, 2.05) is 67.3 Å². The molecule has 0 amide bonds. The summed E-state index contributed by atoms with van der Waals surface area (Å²) >= 11 is 0. The highest BCUT2D eigenvalue weighted by molar-refractivity contribution is 6.19. The van der Waals surface area contributed by atoms with Gasteiger partial charge < -0.3 is 18.3 Å². The summed E-state index contributed by atoms with van der Waals surface area (Å²) in [5.74, 6) is 0. The molecule has 0 atom stereocenters. The molecule has 9 heterocycles. The van der Waals surface area contributed by atoms with Crippen LogP contribution in [0.3, 0.4) is 0 Å². The molecule has 0 saturated heterocycles. The molecule has 13 aromatic carbocycles. The van der Waals surface area contributed by atoms with Crippen molar-refractivity contribution in [2.24, 2.45) is 0 Å². The van der Waals surface area contributed by atoms with Gasteiger partial charge in [-0.2, -0.15) is 0 Å². The van der Waals surface area contributed by atoms with E-state index in [1.54, 1.807) is 0 Å². The van der Waals surface area contributed by atoms with Crippen LogP contribution in [0.1, 0.15) is 0 Å². The van der Waals surface area contributed by atoms with Crippen LogP contribution in [0.2, 0.25) is 0 Å². The number of rotatable bonds is 12. The largest absolute Gasteiger partial charge is 0.309 e. The smallest absolute Gasteiger partial charge is 0.0963 e. The monoisotopic (exact) mass is 1430 g/mol. The zero-order valence-electron chi connectivity index (χ0n) is 60.7. The average Bonchev–Trinajstić information content (AvgIpc) is 1.58. The predicted octanol–water partition coefficient (Wildman–Crippen LogP) is 26.1. The number of hydrogen-bond acceptors (Lipinski definition) is 5. The van der Waals surface area contributed by atoms with Gasteiger partial charge in [-0.25, -0.2) is 4.98 Å². The topological polar surface area (TPSA) is 84.2 Å². The summed E-state index contributed by atoms with van der Waals surface area (Å²) in [6, 6.07) is 136. The van der Waals surface area contributed by atoms with Crippen molar-refractivity contribution < 1.29 is 0 Å². The molecule has 0 aliphatic heterocycles. The van der Waals surface area contributed by atoms with E-state index >= 15 is 0 Å². The third-order valence-corrected chi connectivity index (χ3v) is 21.8. The fourth-order valence-corrected chi connectivity index (χ4v) is 16.8. The minimum Gasteiger partial charge on any atom is -0.309 e. The lowest BCUT2D eigenvalue weighted by molar-refractivity contribution is 1.17. The Morgan fingerprint density at radius 2 is 0.536 bits per heavy atom. The maximum atomic E-state index is 5.24. The van der Waals surface area contributed by atoms with Crippen LogP contribution in [0, 0.1) is 0 Å². The van der Waals surface area contributed by atoms with Gasteiger partial charge in [-0.3, -0.25) is 19.9 Å². The minimum absolute atomic E-state index is 0.923. The Bertz CT molecular complexity index is 6790. The van der Waals surface area contributed by atoms with Crippen LogP contribution >= 0.6 is 0 Å². The van der Waals surface area contributed by atoms with Crippen molar-refractivity contribution in [2.75, 3.05) is 0 Å². The fraction of sp³-hybridized carbons (Fsp3) is 0. The summed E-state index contributed by atoms with van der Waals surface area (Å²) in [7, 11) is 0. The quantitative estimate of drug-likeness (QED) is 0.122. The SMILES string of the molecule is c1ccc(-c2cc(-c3ccccc3)nc(-c3cccc(-n4c5ccc(-c6cccc7c6c6ccccc6n7-c6ccccc6)cc5c5ncccc54)c3)c2)cc1.c1ccc(-n2c3ccccc3c3c(-c4ccc5c(c4)c4ncccc4n5-c4cccc(-c5cc(-c6ccccn6)cc(-c6ccccn6)c5)c4)cccc32)cc1. The van der Waals surface area contributed by atoms with Gasteiger partial charge in [-0.05, 0) is 220 Å². The molecule has 0 aliphatic rings. The second-order valence-corrected chi connectivity index (χ2v) is 28.3. The van der Waals surface area contributed by atoms with Gasteiger partial charge in [0.05, 0.1) is 77.9 Å². The van der Waals surface area contributed by atoms with Crippen molar-refractivity contribution in [3.63, 3.8) is 0 Å². The van der Waals surface area contributed by atoms with Crippen LogP contribution in [0.5, 0.6) is 0 Å². The second kappa shape index (κ2) is 27.5. The van der Waals surface area contributed by atoms with Gasteiger partial charge in [-0.1, -0.05) is 206 Å². The number of pyridine rings is 5. The molecular formula is C103H67N9. The molecule has 22 aromatic rings. The van der Waals surface area contributed by atoms with E-state index in [4.69, 9.17) is 15.0 Å². The molecule has 0 bridgehead atoms. The van der Waals surface area contributed by atoms with Gasteiger partial charge in [0.15, 0.2) is 0 Å². The number of hydrogen-bond donors (Lipinski definition) is 0. The third-order valence-electron chi connectivity index (χ3n) is 21.8. The molecule has 9 nitrogen and oxygen atoms in total. The minimum atomic E-state index is 0.923. The molecule has 0 aliphatic carbocycles. The van der Waals surface area contributed by atoms with Gasteiger partial charge in [0.2, 0.25) is 0 Å². The number of aromatic nitrogens is 9. The van der Waals surface area contributed by atoms with E-state index in [-0.39, 0.29) is 0 Å². The van der Waals surface area contributed by atoms with Crippen molar-refractivity contribution in [3.05, 3.63) is 407 Å². The molecule has 112 heavy (non-hydrogen) atoms. The Kier molecular flexibility index (Phi) is 16.0. The summed E-state index contributed by atoms with van der Waals surface area (Å²) in [6.07, 6.45) is 7.47. The van der Waals surface area contributed by atoms with E-state index in [0.29, 0.717) is 0 Å². The summed E-state index contributed by atoms with van der Waals surface area (Å²) in [5.41, 5.74) is 32.6. The lowest BCUT2D eigenvalue weighted by atomic mass is 9.96. The fourth-order valence-electron chi connectivity index (χ4n) is 16.8. The van der Waals surface area contributed by atoms with E-state index in [9.17, 15) is 0 Å². The van der Waals surface area contributed by atoms with Crippen LogP contribution in [0.25, 0.3) is 200 Å². The Morgan fingerprint density at radius 1 is 0.170 bits per heavy atom. The van der Waals surface area contributed by atoms with Crippen molar-refractivity contribution >= 4 is 87.5 Å². The first-order valence-electron chi connectivity index (χ1n) is 37.8. The van der Waals surface area contributed by atoms with Crippen molar-refractivity contribution in [1.29, 1.82) is 0 Å². The van der Waals surface area contributed by atoms with Gasteiger partial charge >= 0.3 is 0 Å². The van der Waals surface area contributed by atoms with Crippen LogP contribution in [0.4, 0.5) is 0 Å². The predicted molar refractivity (Wildman–Crippen MR) is 463 cm³/mol. The number of benzene rings is 13. The number of nitrogens with zero attached hydrogens (tertiary/aromatic N) is 9. The van der Waals surface area contributed by atoms with Crippen molar-refractivity contribution in [3.8, 4) is 112 Å². The first-order valence-corrected chi connectivity index (χ1v) is 37.8. The molecule has 0 unspecified atom stereocenters. The van der Waals surface area contributed by atoms with E-state index in [2.05, 4.69) is 368 Å². The van der Waals surface area contributed by atoms with Crippen molar-refractivity contribution in [1.82, 2.24) is 43.2 Å². The Balaban J connectivity index is 0.000000141. The normalized spacial score (nSPS) is 11.6. The Labute approximate surface area is 645 Å². The average molecular weight is 1430 g/mol. The van der Waals surface area contributed by atoms with Gasteiger partial charge in [0.25, 0.3) is 0 Å². The second-order valence-electron chi connectivity index (χ2n) is 28.3. The van der Waals surface area contributed by atoms with Gasteiger partial charge in [-0.15, -0.1) is 0 Å². The molecule has 0 fully saturated rings. The molecule has 9 heteroatoms. The Hall–Kier alpha value is -15.2. The highest BCUT2D eigenvalue weighted by Crippen LogP contribution is 2.45. The summed E-state index contributed by atoms with van der Waals surface area (Å²) < 4.78 is 9.43. The molecular weight excluding hydrogens is 1360 g/mol. The van der Waals surface area contributed by atoms with Crippen LogP contribution in [0.15, 0.2) is 407 Å². The maximum Gasteiger partial charge on any atom is 0.0963 e. The summed E-state index contributed by atoms with van der Waals surface area (Å²) in [4.78, 5) is 24.6. The van der Waals surface area contributed by atoms with E-state index < -0.39 is 0 Å². The zero-order chi connectivity index (χ0) is 74.0. The highest BCUT2D eigenvalue weighted by Gasteiger charge is 2.23. The van der Waals surface area contributed by atoms with Crippen LogP contribution in [-0.4, -0.2) is 43.2 Å². The van der Waals surface area contributed by atoms with E-state index in [1.165, 1.54) is 54.7 Å². The molecule has 0 spiro atoms. The molecule has 9 aromatic heterocycles. The number of fused-ring (bicyclic) bond motifs is 12. The first kappa shape index (κ1) is 65.1. The third kappa shape index (κ3) is 11.4. The summed E-state index contributed by atoms with van der Waals surface area (Å²) in [5, 5.41) is 7.19. The summed E-state index contributed by atoms with van der Waals surface area (Å²) in [6.45, 7) is 0. The standard InChI is InChI=1S/C52H34N4.C51H33N5/c1-4-15-35(16-5-1)39-33-45(36-17-6-2-7-18-36)54-46(34-39)38-19-12-22-41(31-38)56-48-29-28-37(32-44(48)52-50(56)27-14-30-53-52)42-24-13-26-49-51(42)43-23-10-11-25-47(43)55(49)40-20-8-3-9-21-40;1-2-14-39(15-3-1)55-46-21-5-4-17-42(46)50-41(18-11-22-48(50)55)35-24-25-47-43(33-35)51-49(23-12-28-54-51)56(47)40-16-10-13-34(32-40)36-29-37(44-19-6-8-26-52-44)31-38(30-36)45-20-7-9-27-53-45/h1-34H;1-33H. The molecule has 22 rings (SSSR count). The van der Waals surface area contributed by atoms with Crippen LogP contribution in [-0.2, 0) is 0 Å². The number of para-hydroxylation sites is 4. The van der Waals surface area contributed by atoms with Gasteiger partial charge in [0, 0.05) is 102 Å².